The Morgan fingerprint density at radius 2 is 2.37 bits per heavy atom. The van der Waals surface area contributed by atoms with Crippen molar-refractivity contribution >= 4 is 11.6 Å². The van der Waals surface area contributed by atoms with Gasteiger partial charge in [0.2, 0.25) is 11.7 Å². The SMILES string of the molecule is Fc1ccc(-c2noc(CC3CCNC3)n2)cc1Cl. The van der Waals surface area contributed by atoms with Crippen molar-refractivity contribution in [3.8, 4) is 11.4 Å². The Morgan fingerprint density at radius 1 is 1.47 bits per heavy atom. The number of rotatable bonds is 3. The number of aromatic nitrogens is 2. The highest BCUT2D eigenvalue weighted by Gasteiger charge is 2.19. The minimum absolute atomic E-state index is 0.0591. The summed E-state index contributed by atoms with van der Waals surface area (Å²) in [5.41, 5.74) is 0.658. The monoisotopic (exact) mass is 281 g/mol. The van der Waals surface area contributed by atoms with Crippen LogP contribution in [-0.4, -0.2) is 23.2 Å². The fourth-order valence-electron chi connectivity index (χ4n) is 2.23. The van der Waals surface area contributed by atoms with E-state index in [2.05, 4.69) is 15.5 Å². The zero-order chi connectivity index (χ0) is 13.2. The van der Waals surface area contributed by atoms with Gasteiger partial charge in [0.25, 0.3) is 0 Å². The summed E-state index contributed by atoms with van der Waals surface area (Å²) in [7, 11) is 0. The summed E-state index contributed by atoms with van der Waals surface area (Å²) < 4.78 is 18.3. The molecule has 2 aromatic rings. The highest BCUT2D eigenvalue weighted by Crippen LogP contribution is 2.23. The molecule has 0 radical (unpaired) electrons. The van der Waals surface area contributed by atoms with E-state index in [1.54, 1.807) is 6.07 Å². The molecule has 100 valence electrons. The second kappa shape index (κ2) is 5.27. The Balaban J connectivity index is 1.78. The van der Waals surface area contributed by atoms with Crippen molar-refractivity contribution in [2.75, 3.05) is 13.1 Å². The predicted octanol–water partition coefficient (Wildman–Crippen LogP) is 2.68. The third kappa shape index (κ3) is 2.77. The molecule has 0 aliphatic carbocycles. The van der Waals surface area contributed by atoms with E-state index in [0.717, 1.165) is 25.9 Å². The van der Waals surface area contributed by atoms with Gasteiger partial charge in [0.15, 0.2) is 0 Å². The Bertz CT molecular complexity index is 581. The molecule has 1 aliphatic rings. The van der Waals surface area contributed by atoms with Crippen molar-refractivity contribution in [3.63, 3.8) is 0 Å². The lowest BCUT2D eigenvalue weighted by molar-refractivity contribution is 0.358. The van der Waals surface area contributed by atoms with Gasteiger partial charge in [-0.05, 0) is 43.6 Å². The minimum Gasteiger partial charge on any atom is -0.339 e. The summed E-state index contributed by atoms with van der Waals surface area (Å²) in [6, 6.07) is 4.39. The van der Waals surface area contributed by atoms with E-state index < -0.39 is 5.82 Å². The molecular weight excluding hydrogens is 269 g/mol. The zero-order valence-electron chi connectivity index (χ0n) is 10.2. The first kappa shape index (κ1) is 12.6. The van der Waals surface area contributed by atoms with Crippen LogP contribution in [0.5, 0.6) is 0 Å². The summed E-state index contributed by atoms with van der Waals surface area (Å²) >= 11 is 5.74. The van der Waals surface area contributed by atoms with Crippen LogP contribution in [-0.2, 0) is 6.42 Å². The normalized spacial score (nSPS) is 18.9. The molecule has 1 aromatic heterocycles. The molecule has 19 heavy (non-hydrogen) atoms. The molecule has 0 amide bonds. The predicted molar refractivity (Wildman–Crippen MR) is 69.4 cm³/mol. The quantitative estimate of drug-likeness (QED) is 0.940. The van der Waals surface area contributed by atoms with Crippen LogP contribution in [0.4, 0.5) is 4.39 Å². The van der Waals surface area contributed by atoms with Crippen LogP contribution >= 0.6 is 11.6 Å². The van der Waals surface area contributed by atoms with Crippen molar-refractivity contribution in [2.24, 2.45) is 5.92 Å². The fourth-order valence-corrected chi connectivity index (χ4v) is 2.41. The van der Waals surface area contributed by atoms with Crippen LogP contribution in [0.3, 0.4) is 0 Å². The smallest absolute Gasteiger partial charge is 0.227 e. The van der Waals surface area contributed by atoms with E-state index in [-0.39, 0.29) is 5.02 Å². The van der Waals surface area contributed by atoms with Crippen molar-refractivity contribution < 1.29 is 8.91 Å². The van der Waals surface area contributed by atoms with Gasteiger partial charge in [-0.2, -0.15) is 4.98 Å². The molecule has 1 aromatic carbocycles. The van der Waals surface area contributed by atoms with Gasteiger partial charge >= 0.3 is 0 Å². The van der Waals surface area contributed by atoms with Crippen LogP contribution in [0.25, 0.3) is 11.4 Å². The first-order valence-electron chi connectivity index (χ1n) is 6.21. The zero-order valence-corrected chi connectivity index (χ0v) is 11.0. The van der Waals surface area contributed by atoms with E-state index in [0.29, 0.717) is 23.2 Å². The Labute approximate surface area is 115 Å². The molecule has 2 heterocycles. The molecule has 3 rings (SSSR count). The van der Waals surface area contributed by atoms with E-state index in [9.17, 15) is 4.39 Å². The number of nitrogens with one attached hydrogen (secondary N) is 1. The molecule has 0 saturated carbocycles. The third-order valence-electron chi connectivity index (χ3n) is 3.27. The van der Waals surface area contributed by atoms with E-state index in [1.807, 2.05) is 0 Å². The Hall–Kier alpha value is -1.46. The molecular formula is C13H13ClFN3O. The number of hydrogen-bond donors (Lipinski definition) is 1. The average molecular weight is 282 g/mol. The highest BCUT2D eigenvalue weighted by molar-refractivity contribution is 6.31. The van der Waals surface area contributed by atoms with Gasteiger partial charge in [0.05, 0.1) is 5.02 Å². The van der Waals surface area contributed by atoms with Crippen molar-refractivity contribution in [1.29, 1.82) is 0 Å². The van der Waals surface area contributed by atoms with Crippen LogP contribution in [0.1, 0.15) is 12.3 Å². The lowest BCUT2D eigenvalue weighted by atomic mass is 10.1. The van der Waals surface area contributed by atoms with E-state index >= 15 is 0 Å². The van der Waals surface area contributed by atoms with Crippen LogP contribution in [0.15, 0.2) is 22.7 Å². The molecule has 0 spiro atoms. The molecule has 1 fully saturated rings. The summed E-state index contributed by atoms with van der Waals surface area (Å²) in [6.07, 6.45) is 1.90. The van der Waals surface area contributed by atoms with Crippen LogP contribution < -0.4 is 5.32 Å². The first-order valence-corrected chi connectivity index (χ1v) is 6.59. The molecule has 1 N–H and O–H groups in total. The molecule has 1 aliphatic heterocycles. The topological polar surface area (TPSA) is 51.0 Å². The van der Waals surface area contributed by atoms with Crippen LogP contribution in [0.2, 0.25) is 5.02 Å². The van der Waals surface area contributed by atoms with Gasteiger partial charge in [-0.15, -0.1) is 0 Å². The first-order chi connectivity index (χ1) is 9.22. The van der Waals surface area contributed by atoms with Gasteiger partial charge < -0.3 is 9.84 Å². The van der Waals surface area contributed by atoms with Gasteiger partial charge in [-0.3, -0.25) is 0 Å². The maximum atomic E-state index is 13.1. The molecule has 1 atom stereocenters. The number of benzene rings is 1. The summed E-state index contributed by atoms with van der Waals surface area (Å²) in [4.78, 5) is 4.33. The lowest BCUT2D eigenvalue weighted by Gasteiger charge is -2.01. The molecule has 0 bridgehead atoms. The summed E-state index contributed by atoms with van der Waals surface area (Å²) in [5, 5.41) is 7.27. The second-order valence-corrected chi connectivity index (χ2v) is 5.11. The summed E-state index contributed by atoms with van der Waals surface area (Å²) in [6.45, 7) is 2.03. The average Bonchev–Trinajstić information content (AvgIpc) is 3.05. The number of halogens is 2. The van der Waals surface area contributed by atoms with E-state index in [4.69, 9.17) is 16.1 Å². The summed E-state index contributed by atoms with van der Waals surface area (Å²) in [5.74, 6) is 1.16. The van der Waals surface area contributed by atoms with Crippen molar-refractivity contribution in [1.82, 2.24) is 15.5 Å². The van der Waals surface area contributed by atoms with Crippen LogP contribution in [0, 0.1) is 11.7 Å². The molecule has 1 unspecified atom stereocenters. The maximum Gasteiger partial charge on any atom is 0.227 e. The minimum atomic E-state index is -0.453. The van der Waals surface area contributed by atoms with E-state index in [1.165, 1.54) is 12.1 Å². The van der Waals surface area contributed by atoms with Gasteiger partial charge in [-0.25, -0.2) is 4.39 Å². The molecule has 1 saturated heterocycles. The fraction of sp³-hybridized carbons (Fsp3) is 0.385. The Kier molecular flexibility index (Phi) is 3.48. The molecule has 6 heteroatoms. The largest absolute Gasteiger partial charge is 0.339 e. The van der Waals surface area contributed by atoms with Crippen molar-refractivity contribution in [3.05, 3.63) is 34.9 Å². The lowest BCUT2D eigenvalue weighted by Crippen LogP contribution is -2.10. The molecule has 4 nitrogen and oxygen atoms in total. The standard InChI is InChI=1S/C13H13ClFN3O/c14-10-6-9(1-2-11(10)15)13-17-12(19-18-13)5-8-3-4-16-7-8/h1-2,6,8,16H,3-5,7H2. The van der Waals surface area contributed by atoms with Gasteiger partial charge in [-0.1, -0.05) is 16.8 Å². The van der Waals surface area contributed by atoms with Gasteiger partial charge in [0, 0.05) is 12.0 Å². The number of nitrogens with zero attached hydrogens (tertiary/aromatic N) is 2. The third-order valence-corrected chi connectivity index (χ3v) is 3.56. The Morgan fingerprint density at radius 3 is 3.11 bits per heavy atom. The number of hydrogen-bond acceptors (Lipinski definition) is 4. The second-order valence-electron chi connectivity index (χ2n) is 4.70. The maximum absolute atomic E-state index is 13.1. The van der Waals surface area contributed by atoms with Gasteiger partial charge in [0.1, 0.15) is 5.82 Å². The highest BCUT2D eigenvalue weighted by atomic mass is 35.5. The van der Waals surface area contributed by atoms with Crippen molar-refractivity contribution in [2.45, 2.75) is 12.8 Å².